The van der Waals surface area contributed by atoms with Gasteiger partial charge in [-0.3, -0.25) is 9.98 Å². The van der Waals surface area contributed by atoms with Gasteiger partial charge in [0.05, 0.1) is 0 Å². The van der Waals surface area contributed by atoms with E-state index in [0.717, 1.165) is 37.1 Å². The maximum absolute atomic E-state index is 5.85. The Morgan fingerprint density at radius 1 is 0.292 bits per heavy atom. The molecule has 0 bridgehead atoms. The molecule has 2 aromatic carbocycles. The molecule has 0 spiro atoms. The predicted molar refractivity (Wildman–Crippen MR) is 395 cm³/mol. The highest BCUT2D eigenvalue weighted by Crippen LogP contribution is 2.14. The first-order chi connectivity index (χ1) is 47.1. The van der Waals surface area contributed by atoms with Crippen LogP contribution in [0.5, 0.6) is 0 Å². The van der Waals surface area contributed by atoms with Crippen LogP contribution in [0.1, 0.15) is 53.4 Å². The molecule has 0 heterocycles. The van der Waals surface area contributed by atoms with Gasteiger partial charge in [-0.2, -0.15) is 9.98 Å². The Bertz CT molecular complexity index is 5070. The lowest BCUT2D eigenvalue weighted by molar-refractivity contribution is 0.653. The van der Waals surface area contributed by atoms with Crippen LogP contribution in [0.2, 0.25) is 10.0 Å². The molecule has 10 N–H and O–H groups in total. The Labute approximate surface area is 577 Å². The summed E-state index contributed by atoms with van der Waals surface area (Å²) in [6, 6.07) is 14.1. The molecule has 0 atom stereocenters. The van der Waals surface area contributed by atoms with Gasteiger partial charge in [-0.05, 0) is 326 Å². The third-order valence-electron chi connectivity index (χ3n) is 7.90. The monoisotopic (exact) mass is 1260 g/mol. The molecule has 0 saturated carbocycles. The first-order valence-corrected chi connectivity index (χ1v) is 27.2. The first kappa shape index (κ1) is 81.8. The number of nitrogens with zero attached hydrogens (tertiary/aromatic N) is 4. The lowest BCUT2D eigenvalue weighted by Crippen LogP contribution is -2.26. The van der Waals surface area contributed by atoms with Gasteiger partial charge in [0, 0.05) is 106 Å². The molecule has 0 saturated heterocycles. The van der Waals surface area contributed by atoms with Gasteiger partial charge >= 0.3 is 0 Å². The van der Waals surface area contributed by atoms with Gasteiger partial charge in [0.25, 0.3) is 0 Å². The zero-order chi connectivity index (χ0) is 70.4. The summed E-state index contributed by atoms with van der Waals surface area (Å²) in [5.41, 5.74) is 24.8. The van der Waals surface area contributed by atoms with Gasteiger partial charge in [0.2, 0.25) is 23.8 Å². The number of benzene rings is 2. The highest BCUT2D eigenvalue weighted by Gasteiger charge is 1.99. The summed E-state index contributed by atoms with van der Waals surface area (Å²) in [7, 11) is 0. The average molecular weight is 1260 g/mol. The molecule has 0 aliphatic heterocycles. The molecule has 2 rings (SSSR count). The van der Waals surface area contributed by atoms with E-state index in [2.05, 4.69) is 362 Å². The van der Waals surface area contributed by atoms with Crippen molar-refractivity contribution in [3.05, 3.63) is 58.6 Å². The highest BCUT2D eigenvalue weighted by molar-refractivity contribution is 6.31. The van der Waals surface area contributed by atoms with Crippen molar-refractivity contribution in [2.45, 2.75) is 53.4 Å². The first-order valence-electron chi connectivity index (χ1n) is 26.5. The zero-order valence-electron chi connectivity index (χ0n) is 51.9. The molecule has 10 nitrogen and oxygen atoms in total. The summed E-state index contributed by atoms with van der Waals surface area (Å²) in [6.07, 6.45) is 13.4. The molecule has 444 valence electrons. The summed E-state index contributed by atoms with van der Waals surface area (Å²) in [5, 5.41) is 7.11. The molecular formula is C84H44Cl2N10. The van der Waals surface area contributed by atoms with E-state index >= 15 is 0 Å². The minimum Gasteiger partial charge on any atom is -0.369 e. The van der Waals surface area contributed by atoms with E-state index in [-0.39, 0.29) is 23.8 Å². The number of aliphatic imine (C=N–C) groups is 4. The molecule has 96 heavy (non-hydrogen) atoms. The normalized spacial score (nSPS) is 7.12. The van der Waals surface area contributed by atoms with E-state index < -0.39 is 0 Å². The fourth-order valence-electron chi connectivity index (χ4n) is 4.40. The van der Waals surface area contributed by atoms with E-state index in [1.165, 1.54) is 0 Å². The SMILES string of the molecule is C#CC#CC#CC#CC#CC.C#CC#CC#CC#CC#CC#CC#CC#CC#CC#CC#CC#CC#CC.CC#CC#CC#CC#CC#CC#CC#CC#CC#CC#CC#CC.NC(=NCCCCCCN=C(N)N=C(N)Nc1ccc(Cl)cc1)N=C(N)Nc1ccc(Cl)cc1. The molecular weight excluding hydrogens is 1220 g/mol. The maximum Gasteiger partial charge on any atom is 0.218 e. The van der Waals surface area contributed by atoms with Crippen molar-refractivity contribution in [3.8, 4) is 344 Å². The summed E-state index contributed by atoms with van der Waals surface area (Å²) in [6.45, 7) is 7.92. The van der Waals surface area contributed by atoms with Crippen molar-refractivity contribution in [2.75, 3.05) is 23.7 Å². The van der Waals surface area contributed by atoms with Gasteiger partial charge < -0.3 is 33.6 Å². The number of nitrogens with two attached hydrogens (primary N) is 4. The molecule has 0 aromatic heterocycles. The van der Waals surface area contributed by atoms with Crippen LogP contribution in [0.25, 0.3) is 0 Å². The van der Waals surface area contributed by atoms with Crippen LogP contribution in [0.3, 0.4) is 0 Å². The molecule has 0 radical (unpaired) electrons. The third kappa shape index (κ3) is 65.3. The van der Waals surface area contributed by atoms with Gasteiger partial charge in [0.1, 0.15) is 0 Å². The van der Waals surface area contributed by atoms with Crippen molar-refractivity contribution < 1.29 is 0 Å². The van der Waals surface area contributed by atoms with E-state index in [1.807, 2.05) is 0 Å². The summed E-state index contributed by atoms with van der Waals surface area (Å²) < 4.78 is 0. The Balaban J connectivity index is 0. The number of nitrogens with one attached hydrogen (secondary N) is 2. The quantitative estimate of drug-likeness (QED) is 0.0809. The largest absolute Gasteiger partial charge is 0.369 e. The Hall–Kier alpha value is -16.3. The van der Waals surface area contributed by atoms with Crippen LogP contribution < -0.4 is 33.6 Å². The number of halogens is 2. The van der Waals surface area contributed by atoms with E-state index in [9.17, 15) is 0 Å². The number of rotatable bonds is 9. The lowest BCUT2D eigenvalue weighted by Gasteiger charge is -2.05. The molecule has 0 aliphatic rings. The number of guanidine groups is 4. The lowest BCUT2D eigenvalue weighted by atomic mass is 10.2. The third-order valence-corrected chi connectivity index (χ3v) is 8.40. The fraction of sp³-hybridized carbons (Fsp3) is 0.119. The van der Waals surface area contributed by atoms with Gasteiger partial charge in [0.15, 0.2) is 0 Å². The minimum absolute atomic E-state index is 0.124. The second-order valence-corrected chi connectivity index (χ2v) is 15.6. The molecule has 0 aliphatic carbocycles. The van der Waals surface area contributed by atoms with Crippen LogP contribution in [0.4, 0.5) is 11.4 Å². The van der Waals surface area contributed by atoms with Crippen LogP contribution in [0, 0.1) is 344 Å². The zero-order valence-corrected chi connectivity index (χ0v) is 53.4. The molecule has 2 aromatic rings. The minimum atomic E-state index is 0.124. The topological polar surface area (TPSA) is 178 Å². The molecule has 0 fully saturated rings. The standard InChI is InChI=1S/C27H4.C24H6.C22H30Cl2N10.C11H4/c1-3-5-7-9-11-13-15-17-19-21-23-25-27-26-24-22-20-18-16-14-12-10-8-6-4-2;1-3-5-7-9-11-13-15-17-19-21-23-24-22-20-18-16-14-12-10-8-6-4-2;23-15-5-9-17(10-6-15)31-21(27)33-19(25)29-13-3-1-2-4-14-30-20(26)34-22(28)32-18-11-7-16(24)8-12-18;1-3-5-7-9-11-10-8-6-4-2/h1H,2H3;1-2H3;5-12H,1-4,13-14H2,(H5,25,27,29,31,33)(H5,26,28,30,32,34);1H,2H3. The Kier molecular flexibility index (Phi) is 57.8. The second kappa shape index (κ2) is 67.9. The summed E-state index contributed by atoms with van der Waals surface area (Å²) in [4.78, 5) is 16.5. The average Bonchev–Trinajstić information content (AvgIpc) is 2.60. The predicted octanol–water partition coefficient (Wildman–Crippen LogP) is 5.73. The molecule has 0 amide bonds. The van der Waals surface area contributed by atoms with Gasteiger partial charge in [-0.15, -0.1) is 12.8 Å². The van der Waals surface area contributed by atoms with Crippen LogP contribution >= 0.6 is 23.2 Å². The number of anilines is 2. The summed E-state index contributed by atoms with van der Waals surface area (Å²) >= 11 is 11.7. The van der Waals surface area contributed by atoms with Crippen molar-refractivity contribution in [3.63, 3.8) is 0 Å². The second-order valence-electron chi connectivity index (χ2n) is 14.7. The number of unbranched alkanes of at least 4 members (excludes halogenated alkanes) is 3. The van der Waals surface area contributed by atoms with E-state index in [0.29, 0.717) is 23.1 Å². The van der Waals surface area contributed by atoms with Gasteiger partial charge in [-0.1, -0.05) is 59.7 Å². The Morgan fingerprint density at radius 2 is 0.469 bits per heavy atom. The number of hydrogen-bond acceptors (Lipinski definition) is 2. The van der Waals surface area contributed by atoms with Crippen LogP contribution in [0.15, 0.2) is 68.5 Å². The highest BCUT2D eigenvalue weighted by atomic mass is 35.5. The fourth-order valence-corrected chi connectivity index (χ4v) is 4.65. The van der Waals surface area contributed by atoms with Gasteiger partial charge in [-0.25, -0.2) is 0 Å². The van der Waals surface area contributed by atoms with E-state index in [4.69, 9.17) is 59.0 Å². The van der Waals surface area contributed by atoms with E-state index in [1.54, 1.807) is 76.2 Å². The number of terminal acetylenes is 2. The smallest absolute Gasteiger partial charge is 0.218 e. The maximum atomic E-state index is 5.85. The van der Waals surface area contributed by atoms with Crippen molar-refractivity contribution in [1.82, 2.24) is 0 Å². The van der Waals surface area contributed by atoms with Crippen molar-refractivity contribution in [2.24, 2.45) is 42.9 Å². The molecule has 12 heteroatoms. The van der Waals surface area contributed by atoms with Crippen molar-refractivity contribution in [1.29, 1.82) is 0 Å². The van der Waals surface area contributed by atoms with Crippen molar-refractivity contribution >= 4 is 58.4 Å². The van der Waals surface area contributed by atoms with Crippen LogP contribution in [-0.4, -0.2) is 36.9 Å². The van der Waals surface area contributed by atoms with Crippen LogP contribution in [-0.2, 0) is 0 Å². The molecule has 0 unspecified atom stereocenters. The summed E-state index contributed by atoms with van der Waals surface area (Å²) in [5.74, 6) is 140. The Morgan fingerprint density at radius 3 is 0.646 bits per heavy atom. The number of hydrogen-bond donors (Lipinski definition) is 6.